The van der Waals surface area contributed by atoms with E-state index >= 15 is 0 Å². The molecule has 1 aromatic rings. The summed E-state index contributed by atoms with van der Waals surface area (Å²) >= 11 is 0. The van der Waals surface area contributed by atoms with Crippen molar-refractivity contribution in [1.82, 2.24) is 0 Å². The second-order valence-corrected chi connectivity index (χ2v) is 5.40. The topological polar surface area (TPSA) is 12.4 Å². The number of hydrogen-bond acceptors (Lipinski definition) is 1. The highest BCUT2D eigenvalue weighted by Gasteiger charge is 2.22. The van der Waals surface area contributed by atoms with Crippen molar-refractivity contribution in [2.75, 3.05) is 0 Å². The first kappa shape index (κ1) is 13.0. The monoisotopic (exact) mass is 267 g/mol. The Morgan fingerprint density at radius 1 is 1.20 bits per heavy atom. The van der Waals surface area contributed by atoms with Crippen LogP contribution >= 0.6 is 0 Å². The molecule has 1 nitrogen and oxygen atoms in total. The second kappa shape index (κ2) is 5.58. The SMILES string of the molecule is CC1C=C(c2ccccc2)N=CC1C1=CCC(F)C=C1. The normalized spacial score (nSPS) is 29.0. The molecule has 3 rings (SSSR count). The van der Waals surface area contributed by atoms with Gasteiger partial charge in [0.15, 0.2) is 0 Å². The number of benzene rings is 1. The van der Waals surface area contributed by atoms with Gasteiger partial charge in [-0.3, -0.25) is 4.99 Å². The minimum absolute atomic E-state index is 0.256. The van der Waals surface area contributed by atoms with Gasteiger partial charge < -0.3 is 0 Å². The van der Waals surface area contributed by atoms with Gasteiger partial charge in [-0.15, -0.1) is 0 Å². The van der Waals surface area contributed by atoms with Gasteiger partial charge in [-0.2, -0.15) is 0 Å². The van der Waals surface area contributed by atoms with Crippen LogP contribution in [-0.4, -0.2) is 12.4 Å². The van der Waals surface area contributed by atoms with E-state index in [1.807, 2.05) is 36.6 Å². The Bertz CT molecular complexity index is 595. The number of halogens is 1. The molecule has 102 valence electrons. The summed E-state index contributed by atoms with van der Waals surface area (Å²) in [4.78, 5) is 4.59. The number of hydrogen-bond donors (Lipinski definition) is 0. The van der Waals surface area contributed by atoms with Gasteiger partial charge in [-0.25, -0.2) is 4.39 Å². The molecule has 0 bridgehead atoms. The lowest BCUT2D eigenvalue weighted by Gasteiger charge is -2.25. The Kier molecular flexibility index (Phi) is 3.64. The Hall–Kier alpha value is -1.96. The third kappa shape index (κ3) is 2.64. The smallest absolute Gasteiger partial charge is 0.122 e. The summed E-state index contributed by atoms with van der Waals surface area (Å²) in [5, 5.41) is 0. The van der Waals surface area contributed by atoms with E-state index in [4.69, 9.17) is 0 Å². The fraction of sp³-hybridized carbons (Fsp3) is 0.278. The van der Waals surface area contributed by atoms with Crippen LogP contribution in [0, 0.1) is 11.8 Å². The standard InChI is InChI=1S/C18H18FN/c1-13-11-18(15-5-3-2-4-6-15)20-12-17(13)14-7-9-16(19)10-8-14/h2-9,11-13,16-17H,10H2,1H3. The zero-order chi connectivity index (χ0) is 13.9. The molecule has 0 aromatic heterocycles. The molecule has 0 spiro atoms. The maximum Gasteiger partial charge on any atom is 0.122 e. The van der Waals surface area contributed by atoms with Crippen molar-refractivity contribution in [2.45, 2.75) is 19.5 Å². The highest BCUT2D eigenvalue weighted by Crippen LogP contribution is 2.32. The molecule has 3 atom stereocenters. The first-order valence-corrected chi connectivity index (χ1v) is 7.08. The number of allylic oxidation sites excluding steroid dienone is 5. The lowest BCUT2D eigenvalue weighted by molar-refractivity contribution is 0.398. The fourth-order valence-electron chi connectivity index (χ4n) is 2.72. The number of aliphatic imine (C=N–C) groups is 1. The highest BCUT2D eigenvalue weighted by atomic mass is 19.1. The summed E-state index contributed by atoms with van der Waals surface area (Å²) < 4.78 is 13.1. The van der Waals surface area contributed by atoms with E-state index in [-0.39, 0.29) is 5.92 Å². The third-order valence-electron chi connectivity index (χ3n) is 3.89. The predicted octanol–water partition coefficient (Wildman–Crippen LogP) is 4.59. The lowest BCUT2D eigenvalue weighted by Crippen LogP contribution is -2.18. The van der Waals surface area contributed by atoms with Gasteiger partial charge >= 0.3 is 0 Å². The van der Waals surface area contributed by atoms with Gasteiger partial charge in [0, 0.05) is 18.6 Å². The highest BCUT2D eigenvalue weighted by molar-refractivity contribution is 5.80. The molecule has 1 aliphatic carbocycles. The summed E-state index contributed by atoms with van der Waals surface area (Å²) in [6.45, 7) is 2.19. The Labute approximate surface area is 119 Å². The lowest BCUT2D eigenvalue weighted by atomic mass is 9.83. The van der Waals surface area contributed by atoms with Crippen LogP contribution < -0.4 is 0 Å². The van der Waals surface area contributed by atoms with Crippen molar-refractivity contribution in [3.8, 4) is 0 Å². The van der Waals surface area contributed by atoms with Crippen LogP contribution in [0.3, 0.4) is 0 Å². The molecule has 0 saturated carbocycles. The molecule has 0 fully saturated rings. The molecular formula is C18H18FN. The minimum Gasteiger partial charge on any atom is -0.260 e. The van der Waals surface area contributed by atoms with Gasteiger partial charge in [-0.05, 0) is 17.1 Å². The predicted molar refractivity (Wildman–Crippen MR) is 82.3 cm³/mol. The third-order valence-corrected chi connectivity index (χ3v) is 3.89. The Morgan fingerprint density at radius 3 is 2.65 bits per heavy atom. The molecule has 0 radical (unpaired) electrons. The molecule has 0 N–H and O–H groups in total. The van der Waals surface area contributed by atoms with Crippen molar-refractivity contribution in [2.24, 2.45) is 16.8 Å². The molecule has 1 aromatic carbocycles. The van der Waals surface area contributed by atoms with Crippen molar-refractivity contribution in [1.29, 1.82) is 0 Å². The molecule has 3 unspecified atom stereocenters. The second-order valence-electron chi connectivity index (χ2n) is 5.40. The first-order chi connectivity index (χ1) is 9.74. The molecule has 1 heterocycles. The Morgan fingerprint density at radius 2 is 2.00 bits per heavy atom. The first-order valence-electron chi connectivity index (χ1n) is 7.08. The van der Waals surface area contributed by atoms with Crippen LogP contribution in [0.25, 0.3) is 5.70 Å². The Balaban J connectivity index is 1.80. The van der Waals surface area contributed by atoms with Crippen molar-refractivity contribution in [3.63, 3.8) is 0 Å². The van der Waals surface area contributed by atoms with E-state index in [0.29, 0.717) is 12.3 Å². The van der Waals surface area contributed by atoms with Crippen LogP contribution in [0.2, 0.25) is 0 Å². The molecular weight excluding hydrogens is 249 g/mol. The van der Waals surface area contributed by atoms with Crippen molar-refractivity contribution in [3.05, 3.63) is 65.8 Å². The average Bonchev–Trinajstić information content (AvgIpc) is 2.49. The van der Waals surface area contributed by atoms with E-state index in [2.05, 4.69) is 30.1 Å². The van der Waals surface area contributed by atoms with Gasteiger partial charge in [0.2, 0.25) is 0 Å². The van der Waals surface area contributed by atoms with Crippen molar-refractivity contribution >= 4 is 11.9 Å². The number of rotatable bonds is 2. The van der Waals surface area contributed by atoms with Gasteiger partial charge in [0.05, 0.1) is 5.70 Å². The largest absolute Gasteiger partial charge is 0.260 e. The number of nitrogens with zero attached hydrogens (tertiary/aromatic N) is 1. The van der Waals surface area contributed by atoms with E-state index in [0.717, 1.165) is 11.3 Å². The van der Waals surface area contributed by atoms with Gasteiger partial charge in [0.1, 0.15) is 6.17 Å². The average molecular weight is 267 g/mol. The van der Waals surface area contributed by atoms with E-state index in [1.54, 1.807) is 6.08 Å². The minimum atomic E-state index is -0.829. The summed E-state index contributed by atoms with van der Waals surface area (Å²) in [6, 6.07) is 10.2. The van der Waals surface area contributed by atoms with Gasteiger partial charge in [-0.1, -0.05) is 61.6 Å². The van der Waals surface area contributed by atoms with Gasteiger partial charge in [0.25, 0.3) is 0 Å². The summed E-state index contributed by atoms with van der Waals surface area (Å²) in [7, 11) is 0. The summed E-state index contributed by atoms with van der Waals surface area (Å²) in [5.41, 5.74) is 3.35. The van der Waals surface area contributed by atoms with Crippen LogP contribution in [0.1, 0.15) is 18.9 Å². The molecule has 20 heavy (non-hydrogen) atoms. The summed E-state index contributed by atoms with van der Waals surface area (Å²) in [6.07, 6.45) is 9.41. The fourth-order valence-corrected chi connectivity index (χ4v) is 2.72. The molecule has 0 saturated heterocycles. The quantitative estimate of drug-likeness (QED) is 0.743. The van der Waals surface area contributed by atoms with Crippen LogP contribution in [0.5, 0.6) is 0 Å². The van der Waals surface area contributed by atoms with Crippen LogP contribution in [-0.2, 0) is 0 Å². The van der Waals surface area contributed by atoms with Crippen molar-refractivity contribution < 1.29 is 4.39 Å². The number of alkyl halides is 1. The maximum atomic E-state index is 13.1. The molecule has 1 aliphatic heterocycles. The summed E-state index contributed by atoms with van der Waals surface area (Å²) in [5.74, 6) is 0.626. The van der Waals surface area contributed by atoms with Crippen LogP contribution in [0.15, 0.2) is 65.2 Å². The van der Waals surface area contributed by atoms with E-state index in [1.165, 1.54) is 5.57 Å². The van der Waals surface area contributed by atoms with Crippen LogP contribution in [0.4, 0.5) is 4.39 Å². The molecule has 2 aliphatic rings. The molecule has 2 heteroatoms. The maximum absolute atomic E-state index is 13.1. The zero-order valence-electron chi connectivity index (χ0n) is 11.5. The zero-order valence-corrected chi connectivity index (χ0v) is 11.5. The van der Waals surface area contributed by atoms with E-state index in [9.17, 15) is 4.39 Å². The van der Waals surface area contributed by atoms with E-state index < -0.39 is 6.17 Å². The molecule has 0 amide bonds.